The Kier molecular flexibility index (Phi) is 2.97. The van der Waals surface area contributed by atoms with E-state index in [0.29, 0.717) is 25.9 Å². The van der Waals surface area contributed by atoms with Crippen molar-refractivity contribution in [2.75, 3.05) is 18.8 Å². The van der Waals surface area contributed by atoms with Crippen LogP contribution in [0.1, 0.15) is 31.2 Å². The van der Waals surface area contributed by atoms with Crippen LogP contribution in [0.2, 0.25) is 0 Å². The van der Waals surface area contributed by atoms with E-state index in [1.807, 2.05) is 29.2 Å². The molecule has 2 aliphatic rings. The van der Waals surface area contributed by atoms with Crippen LogP contribution in [-0.2, 0) is 10.2 Å². The third-order valence-corrected chi connectivity index (χ3v) is 4.37. The Morgan fingerprint density at radius 2 is 1.79 bits per heavy atom. The summed E-state index contributed by atoms with van der Waals surface area (Å²) in [5, 5.41) is 9.52. The Balaban J connectivity index is 1.77. The summed E-state index contributed by atoms with van der Waals surface area (Å²) < 4.78 is 0. The van der Waals surface area contributed by atoms with E-state index < -0.39 is 0 Å². The summed E-state index contributed by atoms with van der Waals surface area (Å²) in [5.74, 6) is 0.226. The fourth-order valence-electron chi connectivity index (χ4n) is 2.92. The van der Waals surface area contributed by atoms with Crippen LogP contribution < -0.4 is 5.73 Å². The van der Waals surface area contributed by atoms with Gasteiger partial charge in [0.15, 0.2) is 0 Å². The molecule has 0 unspecified atom stereocenters. The van der Waals surface area contributed by atoms with Crippen LogP contribution in [0.25, 0.3) is 0 Å². The Hall–Kier alpha value is -1.55. The van der Waals surface area contributed by atoms with Gasteiger partial charge < -0.3 is 15.7 Å². The predicted molar refractivity (Wildman–Crippen MR) is 73.6 cm³/mol. The molecule has 1 saturated heterocycles. The zero-order valence-corrected chi connectivity index (χ0v) is 11.0. The first-order valence-electron chi connectivity index (χ1n) is 6.95. The Bertz CT molecular complexity index is 471. The molecule has 3 rings (SSSR count). The van der Waals surface area contributed by atoms with Crippen molar-refractivity contribution in [1.82, 2.24) is 4.90 Å². The zero-order valence-electron chi connectivity index (χ0n) is 11.0. The highest BCUT2D eigenvalue weighted by atomic mass is 16.3. The van der Waals surface area contributed by atoms with Gasteiger partial charge in [0.25, 0.3) is 0 Å². The fourth-order valence-corrected chi connectivity index (χ4v) is 2.92. The standard InChI is InChI=1S/C15H20N2O2/c16-12-3-1-11(2-4-12)15(7-8-15)14(19)17-9-5-13(18)6-10-17/h1-4,13,18H,5-10,16H2. The van der Waals surface area contributed by atoms with Crippen LogP contribution in [0.15, 0.2) is 24.3 Å². The first kappa shape index (κ1) is 12.5. The number of nitrogens with two attached hydrogens (primary N) is 1. The first-order chi connectivity index (χ1) is 9.12. The SMILES string of the molecule is Nc1ccc(C2(C(=O)N3CCC(O)CC3)CC2)cc1. The van der Waals surface area contributed by atoms with Crippen molar-refractivity contribution >= 4 is 11.6 Å². The van der Waals surface area contributed by atoms with E-state index >= 15 is 0 Å². The quantitative estimate of drug-likeness (QED) is 0.787. The number of carbonyl (C=O) groups is 1. The maximum absolute atomic E-state index is 12.7. The summed E-state index contributed by atoms with van der Waals surface area (Å²) in [7, 11) is 0. The Morgan fingerprint density at radius 1 is 1.21 bits per heavy atom. The van der Waals surface area contributed by atoms with Gasteiger partial charge >= 0.3 is 0 Å². The highest BCUT2D eigenvalue weighted by molar-refractivity contribution is 5.91. The van der Waals surface area contributed by atoms with Crippen molar-refractivity contribution < 1.29 is 9.90 Å². The number of carbonyl (C=O) groups excluding carboxylic acids is 1. The van der Waals surface area contributed by atoms with Gasteiger partial charge in [0.05, 0.1) is 11.5 Å². The largest absolute Gasteiger partial charge is 0.399 e. The van der Waals surface area contributed by atoms with Gasteiger partial charge in [0, 0.05) is 18.8 Å². The maximum atomic E-state index is 12.7. The number of aliphatic hydroxyl groups excluding tert-OH is 1. The van der Waals surface area contributed by atoms with Crippen LogP contribution >= 0.6 is 0 Å². The van der Waals surface area contributed by atoms with Crippen LogP contribution in [0.4, 0.5) is 5.69 Å². The second-order valence-corrected chi connectivity index (χ2v) is 5.73. The molecule has 4 heteroatoms. The van der Waals surface area contributed by atoms with Crippen molar-refractivity contribution in [1.29, 1.82) is 0 Å². The first-order valence-corrected chi connectivity index (χ1v) is 6.95. The van der Waals surface area contributed by atoms with E-state index in [9.17, 15) is 9.90 Å². The topological polar surface area (TPSA) is 66.6 Å². The average molecular weight is 260 g/mol. The van der Waals surface area contributed by atoms with Gasteiger partial charge in [-0.05, 0) is 43.4 Å². The maximum Gasteiger partial charge on any atom is 0.233 e. The molecule has 1 amide bonds. The lowest BCUT2D eigenvalue weighted by molar-refractivity contribution is -0.136. The number of nitrogens with zero attached hydrogens (tertiary/aromatic N) is 1. The molecule has 1 aliphatic heterocycles. The van der Waals surface area contributed by atoms with E-state index in [0.717, 1.165) is 24.1 Å². The molecule has 0 spiro atoms. The van der Waals surface area contributed by atoms with E-state index in [1.165, 1.54) is 0 Å². The molecule has 0 radical (unpaired) electrons. The summed E-state index contributed by atoms with van der Waals surface area (Å²) in [5.41, 5.74) is 7.20. The van der Waals surface area contributed by atoms with E-state index in [2.05, 4.69) is 0 Å². The average Bonchev–Trinajstić information content (AvgIpc) is 3.21. The number of piperidine rings is 1. The van der Waals surface area contributed by atoms with E-state index in [-0.39, 0.29) is 17.4 Å². The lowest BCUT2D eigenvalue weighted by Gasteiger charge is -2.32. The Morgan fingerprint density at radius 3 is 2.32 bits per heavy atom. The minimum Gasteiger partial charge on any atom is -0.399 e. The number of nitrogen functional groups attached to an aromatic ring is 1. The molecule has 3 N–H and O–H groups in total. The fraction of sp³-hybridized carbons (Fsp3) is 0.533. The number of aliphatic hydroxyl groups is 1. The molecule has 1 aromatic rings. The van der Waals surface area contributed by atoms with E-state index in [1.54, 1.807) is 0 Å². The number of hydrogen-bond donors (Lipinski definition) is 2. The van der Waals surface area contributed by atoms with Crippen molar-refractivity contribution in [3.05, 3.63) is 29.8 Å². The summed E-state index contributed by atoms with van der Waals surface area (Å²) >= 11 is 0. The highest BCUT2D eigenvalue weighted by Crippen LogP contribution is 2.50. The van der Waals surface area contributed by atoms with Gasteiger partial charge in [-0.15, -0.1) is 0 Å². The lowest BCUT2D eigenvalue weighted by Crippen LogP contribution is -2.45. The zero-order chi connectivity index (χ0) is 13.5. The van der Waals surface area contributed by atoms with Gasteiger partial charge in [0.1, 0.15) is 0 Å². The van der Waals surface area contributed by atoms with E-state index in [4.69, 9.17) is 5.73 Å². The van der Waals surface area contributed by atoms with Gasteiger partial charge in [0.2, 0.25) is 5.91 Å². The summed E-state index contributed by atoms with van der Waals surface area (Å²) in [6.45, 7) is 1.35. The molecule has 1 saturated carbocycles. The lowest BCUT2D eigenvalue weighted by atomic mass is 9.93. The molecule has 2 fully saturated rings. The number of likely N-dealkylation sites (tertiary alicyclic amines) is 1. The van der Waals surface area contributed by atoms with Crippen LogP contribution in [-0.4, -0.2) is 35.1 Å². The normalized spacial score (nSPS) is 22.3. The minimum absolute atomic E-state index is 0.226. The molecule has 4 nitrogen and oxygen atoms in total. The number of amides is 1. The predicted octanol–water partition coefficient (Wildman–Crippen LogP) is 1.28. The minimum atomic E-state index is -0.310. The Labute approximate surface area is 113 Å². The van der Waals surface area contributed by atoms with Crippen LogP contribution in [0.5, 0.6) is 0 Å². The summed E-state index contributed by atoms with van der Waals surface area (Å²) in [6.07, 6.45) is 3.01. The number of anilines is 1. The monoisotopic (exact) mass is 260 g/mol. The summed E-state index contributed by atoms with van der Waals surface area (Å²) in [6, 6.07) is 7.67. The molecule has 1 aliphatic carbocycles. The third kappa shape index (κ3) is 2.21. The third-order valence-electron chi connectivity index (χ3n) is 4.37. The molecule has 1 heterocycles. The second kappa shape index (κ2) is 4.53. The van der Waals surface area contributed by atoms with Crippen molar-refractivity contribution in [2.24, 2.45) is 0 Å². The van der Waals surface area contributed by atoms with Gasteiger partial charge in [-0.3, -0.25) is 4.79 Å². The molecular formula is C15H20N2O2. The second-order valence-electron chi connectivity index (χ2n) is 5.73. The highest BCUT2D eigenvalue weighted by Gasteiger charge is 2.53. The van der Waals surface area contributed by atoms with Crippen molar-refractivity contribution in [2.45, 2.75) is 37.2 Å². The van der Waals surface area contributed by atoms with Gasteiger partial charge in [-0.2, -0.15) is 0 Å². The van der Waals surface area contributed by atoms with Crippen LogP contribution in [0.3, 0.4) is 0 Å². The molecule has 102 valence electrons. The van der Waals surface area contributed by atoms with Gasteiger partial charge in [-0.1, -0.05) is 12.1 Å². The molecule has 1 aromatic carbocycles. The molecule has 0 bridgehead atoms. The van der Waals surface area contributed by atoms with Crippen molar-refractivity contribution in [3.8, 4) is 0 Å². The molecule has 19 heavy (non-hydrogen) atoms. The number of rotatable bonds is 2. The number of hydrogen-bond acceptors (Lipinski definition) is 3. The van der Waals surface area contributed by atoms with Crippen molar-refractivity contribution in [3.63, 3.8) is 0 Å². The number of benzene rings is 1. The molecule has 0 aromatic heterocycles. The molecule has 0 atom stereocenters. The van der Waals surface area contributed by atoms with Crippen LogP contribution in [0, 0.1) is 0 Å². The summed E-state index contributed by atoms with van der Waals surface area (Å²) in [4.78, 5) is 14.6. The van der Waals surface area contributed by atoms with Gasteiger partial charge in [-0.25, -0.2) is 0 Å². The molecular weight excluding hydrogens is 240 g/mol. The smallest absolute Gasteiger partial charge is 0.233 e.